The van der Waals surface area contributed by atoms with Crippen molar-refractivity contribution in [1.29, 1.82) is 0 Å². The van der Waals surface area contributed by atoms with E-state index < -0.39 is 6.04 Å². The van der Waals surface area contributed by atoms with Gasteiger partial charge in [-0.15, -0.1) is 0 Å². The van der Waals surface area contributed by atoms with E-state index in [1.54, 1.807) is 18.2 Å². The normalized spacial score (nSPS) is 13.5. The van der Waals surface area contributed by atoms with Crippen molar-refractivity contribution in [3.05, 3.63) is 23.8 Å². The zero-order valence-electron chi connectivity index (χ0n) is 9.76. The molecule has 0 saturated heterocycles. The number of amides is 1. The van der Waals surface area contributed by atoms with Gasteiger partial charge >= 0.3 is 0 Å². The Morgan fingerprint density at radius 1 is 1.22 bits per heavy atom. The van der Waals surface area contributed by atoms with Crippen molar-refractivity contribution in [1.82, 2.24) is 5.32 Å². The molecule has 0 saturated carbocycles. The van der Waals surface area contributed by atoms with Crippen LogP contribution in [0.2, 0.25) is 0 Å². The summed E-state index contributed by atoms with van der Waals surface area (Å²) in [5, 5.41) is 20.3. The molecule has 2 rings (SSSR count). The molecule has 0 spiro atoms. The molecule has 1 aliphatic heterocycles. The van der Waals surface area contributed by atoms with Gasteiger partial charge in [0.1, 0.15) is 13.2 Å². The van der Waals surface area contributed by atoms with Gasteiger partial charge in [-0.1, -0.05) is 0 Å². The zero-order chi connectivity index (χ0) is 13.0. The van der Waals surface area contributed by atoms with E-state index in [0.717, 1.165) is 0 Å². The Kier molecular flexibility index (Phi) is 4.01. The summed E-state index contributed by atoms with van der Waals surface area (Å²) >= 11 is 0. The van der Waals surface area contributed by atoms with Crippen molar-refractivity contribution < 1.29 is 24.5 Å². The van der Waals surface area contributed by atoms with E-state index in [2.05, 4.69) is 5.32 Å². The van der Waals surface area contributed by atoms with E-state index in [1.807, 2.05) is 0 Å². The van der Waals surface area contributed by atoms with Crippen molar-refractivity contribution in [2.45, 2.75) is 6.04 Å². The van der Waals surface area contributed by atoms with Crippen molar-refractivity contribution in [2.24, 2.45) is 0 Å². The van der Waals surface area contributed by atoms with Crippen LogP contribution in [-0.4, -0.2) is 48.6 Å². The number of aliphatic hydroxyl groups is 2. The van der Waals surface area contributed by atoms with E-state index >= 15 is 0 Å². The number of hydrogen-bond donors (Lipinski definition) is 3. The summed E-state index contributed by atoms with van der Waals surface area (Å²) in [6.45, 7) is 0.323. The van der Waals surface area contributed by atoms with E-state index in [1.165, 1.54) is 0 Å². The molecular weight excluding hydrogens is 238 g/mol. The molecule has 6 heteroatoms. The third kappa shape index (κ3) is 2.72. The Balaban J connectivity index is 2.11. The van der Waals surface area contributed by atoms with Crippen LogP contribution in [0.1, 0.15) is 10.4 Å². The molecule has 1 amide bonds. The van der Waals surface area contributed by atoms with Crippen LogP contribution in [0.5, 0.6) is 11.5 Å². The molecule has 0 bridgehead atoms. The molecule has 1 aromatic carbocycles. The third-order valence-electron chi connectivity index (χ3n) is 2.58. The molecule has 0 fully saturated rings. The molecule has 0 atom stereocenters. The minimum absolute atomic E-state index is 0.313. The predicted octanol–water partition coefficient (Wildman–Crippen LogP) is -0.459. The molecule has 98 valence electrons. The number of nitrogens with one attached hydrogen (secondary N) is 1. The van der Waals surface area contributed by atoms with Gasteiger partial charge in [0, 0.05) is 5.56 Å². The molecule has 3 N–H and O–H groups in total. The zero-order valence-corrected chi connectivity index (χ0v) is 9.76. The highest BCUT2D eigenvalue weighted by molar-refractivity contribution is 5.95. The number of carbonyl (C=O) groups is 1. The van der Waals surface area contributed by atoms with E-state index in [-0.39, 0.29) is 19.1 Å². The van der Waals surface area contributed by atoms with Crippen molar-refractivity contribution in [3.8, 4) is 11.5 Å². The molecule has 0 aromatic heterocycles. The summed E-state index contributed by atoms with van der Waals surface area (Å²) in [7, 11) is 0. The van der Waals surface area contributed by atoms with Crippen LogP contribution in [0.4, 0.5) is 0 Å². The van der Waals surface area contributed by atoms with Crippen LogP contribution in [0.15, 0.2) is 18.2 Å². The highest BCUT2D eigenvalue weighted by atomic mass is 16.6. The second kappa shape index (κ2) is 5.70. The molecule has 1 aromatic rings. The van der Waals surface area contributed by atoms with Gasteiger partial charge in [0.25, 0.3) is 5.91 Å². The average molecular weight is 253 g/mol. The van der Waals surface area contributed by atoms with Gasteiger partial charge in [-0.05, 0) is 18.2 Å². The Morgan fingerprint density at radius 2 is 1.89 bits per heavy atom. The summed E-state index contributed by atoms with van der Waals surface area (Å²) in [5.41, 5.74) is 0.395. The Bertz CT molecular complexity index is 430. The first kappa shape index (κ1) is 12.7. The largest absolute Gasteiger partial charge is 0.486 e. The smallest absolute Gasteiger partial charge is 0.251 e. The fraction of sp³-hybridized carbons (Fsp3) is 0.417. The van der Waals surface area contributed by atoms with Crippen molar-refractivity contribution in [2.75, 3.05) is 26.4 Å². The summed E-state index contributed by atoms with van der Waals surface area (Å²) < 4.78 is 10.7. The minimum atomic E-state index is -0.661. The maximum Gasteiger partial charge on any atom is 0.251 e. The fourth-order valence-corrected chi connectivity index (χ4v) is 1.60. The van der Waals surface area contributed by atoms with E-state index in [0.29, 0.717) is 30.3 Å². The molecule has 1 heterocycles. The summed E-state index contributed by atoms with van der Waals surface area (Å²) in [4.78, 5) is 11.8. The number of benzene rings is 1. The second-order valence-electron chi connectivity index (χ2n) is 3.89. The fourth-order valence-electron chi connectivity index (χ4n) is 1.60. The SMILES string of the molecule is O=C(NC(CO)CO)c1ccc2c(c1)OCCO2. The van der Waals surface area contributed by atoms with Gasteiger partial charge in [-0.3, -0.25) is 4.79 Å². The summed E-state index contributed by atoms with van der Waals surface area (Å²) in [6, 6.07) is 4.19. The van der Waals surface area contributed by atoms with E-state index in [4.69, 9.17) is 19.7 Å². The lowest BCUT2D eigenvalue weighted by molar-refractivity contribution is 0.0878. The van der Waals surface area contributed by atoms with Crippen LogP contribution >= 0.6 is 0 Å². The minimum Gasteiger partial charge on any atom is -0.486 e. The number of ether oxygens (including phenoxy) is 2. The van der Waals surface area contributed by atoms with Crippen LogP contribution < -0.4 is 14.8 Å². The van der Waals surface area contributed by atoms with Gasteiger partial charge in [0.15, 0.2) is 11.5 Å². The quantitative estimate of drug-likeness (QED) is 0.676. The van der Waals surface area contributed by atoms with Crippen molar-refractivity contribution >= 4 is 5.91 Å². The number of hydrogen-bond acceptors (Lipinski definition) is 5. The number of rotatable bonds is 4. The number of aliphatic hydroxyl groups excluding tert-OH is 2. The maximum atomic E-state index is 11.8. The number of fused-ring (bicyclic) bond motifs is 1. The second-order valence-corrected chi connectivity index (χ2v) is 3.89. The highest BCUT2D eigenvalue weighted by Gasteiger charge is 2.16. The van der Waals surface area contributed by atoms with Crippen LogP contribution in [0.3, 0.4) is 0 Å². The van der Waals surface area contributed by atoms with Gasteiger partial charge in [0.05, 0.1) is 19.3 Å². The highest BCUT2D eigenvalue weighted by Crippen LogP contribution is 2.30. The lowest BCUT2D eigenvalue weighted by atomic mass is 10.1. The van der Waals surface area contributed by atoms with Crippen LogP contribution in [-0.2, 0) is 0 Å². The first-order valence-corrected chi connectivity index (χ1v) is 5.67. The van der Waals surface area contributed by atoms with Crippen LogP contribution in [0, 0.1) is 0 Å². The molecule has 0 unspecified atom stereocenters. The lowest BCUT2D eigenvalue weighted by Crippen LogP contribution is -2.40. The number of carbonyl (C=O) groups excluding carboxylic acids is 1. The van der Waals surface area contributed by atoms with Crippen molar-refractivity contribution in [3.63, 3.8) is 0 Å². The predicted molar refractivity (Wildman–Crippen MR) is 62.9 cm³/mol. The van der Waals surface area contributed by atoms with Gasteiger partial charge < -0.3 is 25.0 Å². The average Bonchev–Trinajstić information content (AvgIpc) is 2.44. The lowest BCUT2D eigenvalue weighted by Gasteiger charge is -2.19. The van der Waals surface area contributed by atoms with Gasteiger partial charge in [0.2, 0.25) is 0 Å². The monoisotopic (exact) mass is 253 g/mol. The molecule has 1 aliphatic rings. The Labute approximate surface area is 104 Å². The van der Waals surface area contributed by atoms with Crippen LogP contribution in [0.25, 0.3) is 0 Å². The summed E-state index contributed by atoms with van der Waals surface area (Å²) in [5.74, 6) is 0.761. The molecule has 0 radical (unpaired) electrons. The topological polar surface area (TPSA) is 88.0 Å². The first-order valence-electron chi connectivity index (χ1n) is 5.67. The molecule has 6 nitrogen and oxygen atoms in total. The standard InChI is InChI=1S/C12H15NO5/c14-6-9(7-15)13-12(16)8-1-2-10-11(5-8)18-4-3-17-10/h1-2,5,9,14-15H,3-4,6-7H2,(H,13,16). The maximum absolute atomic E-state index is 11.8. The van der Waals surface area contributed by atoms with E-state index in [9.17, 15) is 4.79 Å². The molecular formula is C12H15NO5. The Hall–Kier alpha value is -1.79. The molecule has 18 heavy (non-hydrogen) atoms. The van der Waals surface area contributed by atoms with Gasteiger partial charge in [-0.2, -0.15) is 0 Å². The van der Waals surface area contributed by atoms with Gasteiger partial charge in [-0.25, -0.2) is 0 Å². The third-order valence-corrected chi connectivity index (χ3v) is 2.58. The Morgan fingerprint density at radius 3 is 2.56 bits per heavy atom. The first-order chi connectivity index (χ1) is 8.74. The molecule has 0 aliphatic carbocycles. The summed E-state index contributed by atoms with van der Waals surface area (Å²) in [6.07, 6.45) is 0.